The van der Waals surface area contributed by atoms with Gasteiger partial charge in [-0.1, -0.05) is 24.1 Å². The van der Waals surface area contributed by atoms with Crippen molar-refractivity contribution in [2.24, 2.45) is 0 Å². The Morgan fingerprint density at radius 3 is 2.45 bits per heavy atom. The first-order valence-electron chi connectivity index (χ1n) is 9.57. The Bertz CT molecular complexity index is 953. The number of ether oxygens (including phenoxy) is 1. The third kappa shape index (κ3) is 5.52. The summed E-state index contributed by atoms with van der Waals surface area (Å²) in [5, 5.41) is 2.79. The van der Waals surface area contributed by atoms with Gasteiger partial charge >= 0.3 is 0 Å². The van der Waals surface area contributed by atoms with Gasteiger partial charge in [-0.3, -0.25) is 4.79 Å². The predicted molar refractivity (Wildman–Crippen MR) is 116 cm³/mol. The molecule has 1 aliphatic heterocycles. The summed E-state index contributed by atoms with van der Waals surface area (Å²) in [4.78, 5) is 13.6. The summed E-state index contributed by atoms with van der Waals surface area (Å²) in [6, 6.07) is 12.5. The van der Waals surface area contributed by atoms with Crippen LogP contribution in [0.3, 0.4) is 0 Å². The molecule has 8 heteroatoms. The molecule has 1 heterocycles. The van der Waals surface area contributed by atoms with Crippen LogP contribution in [0.5, 0.6) is 5.75 Å². The van der Waals surface area contributed by atoms with Crippen molar-refractivity contribution in [2.75, 3.05) is 31.3 Å². The molecule has 0 radical (unpaired) electrons. The quantitative estimate of drug-likeness (QED) is 0.669. The van der Waals surface area contributed by atoms with Gasteiger partial charge in [0.05, 0.1) is 23.4 Å². The number of hydrogen-bond acceptors (Lipinski definition) is 5. The van der Waals surface area contributed by atoms with Crippen LogP contribution in [0.4, 0.5) is 5.69 Å². The number of sulfonamides is 1. The van der Waals surface area contributed by atoms with Crippen molar-refractivity contribution in [3.8, 4) is 5.75 Å². The van der Waals surface area contributed by atoms with E-state index < -0.39 is 10.0 Å². The van der Waals surface area contributed by atoms with Crippen LogP contribution in [0.25, 0.3) is 0 Å². The average Bonchev–Trinajstić information content (AvgIpc) is 2.74. The van der Waals surface area contributed by atoms with E-state index >= 15 is 0 Å². The van der Waals surface area contributed by atoms with E-state index in [-0.39, 0.29) is 16.6 Å². The van der Waals surface area contributed by atoms with Gasteiger partial charge in [-0.05, 0) is 50.1 Å². The summed E-state index contributed by atoms with van der Waals surface area (Å²) in [6.45, 7) is 3.07. The highest BCUT2D eigenvalue weighted by Crippen LogP contribution is 2.30. The topological polar surface area (TPSA) is 75.7 Å². The van der Waals surface area contributed by atoms with Crippen LogP contribution in [0, 0.1) is 6.92 Å². The van der Waals surface area contributed by atoms with Crippen molar-refractivity contribution >= 4 is 33.4 Å². The molecule has 0 spiro atoms. The van der Waals surface area contributed by atoms with Crippen molar-refractivity contribution in [3.63, 3.8) is 0 Å². The number of amides is 1. The van der Waals surface area contributed by atoms with E-state index in [4.69, 9.17) is 4.74 Å². The van der Waals surface area contributed by atoms with Gasteiger partial charge in [0.25, 0.3) is 0 Å². The van der Waals surface area contributed by atoms with Gasteiger partial charge in [0.2, 0.25) is 15.9 Å². The fourth-order valence-corrected chi connectivity index (χ4v) is 5.41. The number of thioether (sulfide) groups is 1. The van der Waals surface area contributed by atoms with Crippen LogP contribution >= 0.6 is 11.8 Å². The molecular formula is C21H26N2O4S2. The first-order chi connectivity index (χ1) is 13.9. The maximum Gasteiger partial charge on any atom is 0.243 e. The largest absolute Gasteiger partial charge is 0.495 e. The van der Waals surface area contributed by atoms with Crippen LogP contribution < -0.4 is 10.1 Å². The fraction of sp³-hybridized carbons (Fsp3) is 0.381. The second kappa shape index (κ2) is 9.65. The van der Waals surface area contributed by atoms with Crippen LogP contribution in [0.2, 0.25) is 0 Å². The number of methoxy groups -OCH3 is 1. The molecule has 2 aromatic carbocycles. The molecule has 2 aromatic rings. The Labute approximate surface area is 176 Å². The molecule has 1 fully saturated rings. The van der Waals surface area contributed by atoms with E-state index in [0.717, 1.165) is 29.7 Å². The Morgan fingerprint density at radius 2 is 1.79 bits per heavy atom. The number of rotatable bonds is 7. The number of nitrogens with one attached hydrogen (secondary N) is 1. The number of nitrogens with zero attached hydrogens (tertiary/aromatic N) is 1. The summed E-state index contributed by atoms with van der Waals surface area (Å²) < 4.78 is 32.7. The van der Waals surface area contributed by atoms with Crippen LogP contribution in [-0.4, -0.2) is 44.6 Å². The SMILES string of the molecule is COc1ccc(S(=O)(=O)N2CCCCC2)cc1NC(=O)CSc1ccc(C)cc1. The number of carbonyl (C=O) groups excluding carboxylic acids is 1. The van der Waals surface area contributed by atoms with Crippen molar-refractivity contribution in [1.29, 1.82) is 0 Å². The first-order valence-corrected chi connectivity index (χ1v) is 12.0. The minimum Gasteiger partial charge on any atom is -0.495 e. The number of piperidine rings is 1. The second-order valence-electron chi connectivity index (χ2n) is 6.98. The fourth-order valence-electron chi connectivity index (χ4n) is 3.17. The molecule has 6 nitrogen and oxygen atoms in total. The van der Waals surface area contributed by atoms with Gasteiger partial charge in [-0.25, -0.2) is 8.42 Å². The summed E-state index contributed by atoms with van der Waals surface area (Å²) in [5.41, 5.74) is 1.52. The molecule has 29 heavy (non-hydrogen) atoms. The monoisotopic (exact) mass is 434 g/mol. The van der Waals surface area contributed by atoms with Gasteiger partial charge in [0.15, 0.2) is 0 Å². The van der Waals surface area contributed by atoms with E-state index in [1.165, 1.54) is 35.3 Å². The lowest BCUT2D eigenvalue weighted by Crippen LogP contribution is -2.35. The van der Waals surface area contributed by atoms with E-state index in [2.05, 4.69) is 5.32 Å². The summed E-state index contributed by atoms with van der Waals surface area (Å²) >= 11 is 1.42. The molecule has 3 rings (SSSR count). The zero-order valence-corrected chi connectivity index (χ0v) is 18.3. The molecule has 0 atom stereocenters. The number of carbonyl (C=O) groups is 1. The van der Waals surface area contributed by atoms with E-state index in [1.807, 2.05) is 31.2 Å². The number of hydrogen-bond donors (Lipinski definition) is 1. The smallest absolute Gasteiger partial charge is 0.243 e. The standard InChI is InChI=1S/C21H26N2O4S2/c1-16-6-8-17(9-7-16)28-15-21(24)22-19-14-18(10-11-20(19)27-2)29(25,26)23-12-4-3-5-13-23/h6-11,14H,3-5,12-13,15H2,1-2H3,(H,22,24). The summed E-state index contributed by atoms with van der Waals surface area (Å²) in [7, 11) is -2.09. The highest BCUT2D eigenvalue weighted by atomic mass is 32.2. The van der Waals surface area contributed by atoms with Crippen molar-refractivity contribution in [3.05, 3.63) is 48.0 Å². The molecule has 156 valence electrons. The van der Waals surface area contributed by atoms with Gasteiger partial charge in [-0.2, -0.15) is 4.31 Å². The lowest BCUT2D eigenvalue weighted by atomic mass is 10.2. The molecule has 1 saturated heterocycles. The molecule has 0 saturated carbocycles. The maximum absolute atomic E-state index is 12.9. The molecule has 1 amide bonds. The average molecular weight is 435 g/mol. The highest BCUT2D eigenvalue weighted by molar-refractivity contribution is 8.00. The van der Waals surface area contributed by atoms with Crippen LogP contribution in [0.1, 0.15) is 24.8 Å². The Morgan fingerprint density at radius 1 is 1.10 bits per heavy atom. The van der Waals surface area contributed by atoms with E-state index in [1.54, 1.807) is 6.07 Å². The highest BCUT2D eigenvalue weighted by Gasteiger charge is 2.27. The van der Waals surface area contributed by atoms with E-state index in [0.29, 0.717) is 24.5 Å². The molecule has 0 aliphatic carbocycles. The lowest BCUT2D eigenvalue weighted by molar-refractivity contribution is -0.113. The lowest BCUT2D eigenvalue weighted by Gasteiger charge is -2.26. The zero-order chi connectivity index (χ0) is 20.9. The molecule has 0 aromatic heterocycles. The van der Waals surface area contributed by atoms with Crippen LogP contribution in [-0.2, 0) is 14.8 Å². The van der Waals surface area contributed by atoms with Crippen molar-refractivity contribution in [2.45, 2.75) is 36.0 Å². The molecule has 0 bridgehead atoms. The molecular weight excluding hydrogens is 408 g/mol. The number of anilines is 1. The van der Waals surface area contributed by atoms with Gasteiger partial charge in [0, 0.05) is 18.0 Å². The maximum atomic E-state index is 12.9. The van der Waals surface area contributed by atoms with Gasteiger partial charge in [0.1, 0.15) is 5.75 Å². The molecule has 0 unspecified atom stereocenters. The Balaban J connectivity index is 1.72. The Hall–Kier alpha value is -2.03. The van der Waals surface area contributed by atoms with Crippen molar-refractivity contribution < 1.29 is 17.9 Å². The third-order valence-electron chi connectivity index (χ3n) is 4.79. The zero-order valence-electron chi connectivity index (χ0n) is 16.7. The normalized spacial score (nSPS) is 15.1. The molecule has 1 N–H and O–H groups in total. The number of aryl methyl sites for hydroxylation is 1. The van der Waals surface area contributed by atoms with Gasteiger partial charge < -0.3 is 10.1 Å². The second-order valence-corrected chi connectivity index (χ2v) is 9.96. The third-order valence-corrected chi connectivity index (χ3v) is 7.70. The first kappa shape index (κ1) is 21.7. The molecule has 1 aliphatic rings. The van der Waals surface area contributed by atoms with E-state index in [9.17, 15) is 13.2 Å². The Kier molecular flexibility index (Phi) is 7.21. The number of benzene rings is 2. The predicted octanol–water partition coefficient (Wildman–Crippen LogP) is 3.91. The summed E-state index contributed by atoms with van der Waals surface area (Å²) in [5.74, 6) is 0.424. The minimum atomic E-state index is -3.58. The summed E-state index contributed by atoms with van der Waals surface area (Å²) in [6.07, 6.45) is 2.79. The van der Waals surface area contributed by atoms with Crippen LogP contribution in [0.15, 0.2) is 52.3 Å². The van der Waals surface area contributed by atoms with Crippen molar-refractivity contribution in [1.82, 2.24) is 4.31 Å². The van der Waals surface area contributed by atoms with Gasteiger partial charge in [-0.15, -0.1) is 11.8 Å². The minimum absolute atomic E-state index is 0.168.